The van der Waals surface area contributed by atoms with Crippen LogP contribution in [0.25, 0.3) is 5.69 Å². The lowest BCUT2D eigenvalue weighted by molar-refractivity contribution is -0.118. The van der Waals surface area contributed by atoms with Crippen LogP contribution in [0.3, 0.4) is 0 Å². The molecule has 2 aromatic carbocycles. The predicted molar refractivity (Wildman–Crippen MR) is 97.7 cm³/mol. The lowest BCUT2D eigenvalue weighted by Gasteiger charge is -2.13. The first kappa shape index (κ1) is 16.9. The quantitative estimate of drug-likeness (QED) is 0.749. The maximum absolute atomic E-state index is 12.4. The molecule has 0 fully saturated rings. The second-order valence-electron chi connectivity index (χ2n) is 6.05. The Labute approximate surface area is 146 Å². The molecule has 0 saturated heterocycles. The van der Waals surface area contributed by atoms with Crippen molar-refractivity contribution in [2.45, 2.75) is 26.4 Å². The highest BCUT2D eigenvalue weighted by atomic mass is 16.3. The number of nitrogens with one attached hydrogen (secondary N) is 1. The number of aryl methyl sites for hydroxylation is 2. The van der Waals surface area contributed by atoms with Gasteiger partial charge in [-0.15, -0.1) is 0 Å². The van der Waals surface area contributed by atoms with Gasteiger partial charge in [-0.1, -0.05) is 48.5 Å². The van der Waals surface area contributed by atoms with E-state index in [0.717, 1.165) is 22.5 Å². The van der Waals surface area contributed by atoms with Gasteiger partial charge in [-0.05, 0) is 31.0 Å². The van der Waals surface area contributed by atoms with Crippen LogP contribution in [0, 0.1) is 13.8 Å². The maximum Gasteiger partial charge on any atom is 0.228 e. The van der Waals surface area contributed by atoms with Crippen LogP contribution in [0.15, 0.2) is 60.7 Å². The summed E-state index contributed by atoms with van der Waals surface area (Å²) in [5, 5.41) is 17.6. The van der Waals surface area contributed by atoms with Crippen LogP contribution in [0.4, 0.5) is 5.82 Å². The predicted octanol–water partition coefficient (Wildman–Crippen LogP) is 3.55. The largest absolute Gasteiger partial charge is 0.388 e. The summed E-state index contributed by atoms with van der Waals surface area (Å²) in [6, 6.07) is 18.8. The highest BCUT2D eigenvalue weighted by molar-refractivity contribution is 5.90. The van der Waals surface area contributed by atoms with Crippen molar-refractivity contribution in [2.24, 2.45) is 0 Å². The summed E-state index contributed by atoms with van der Waals surface area (Å²) in [4.78, 5) is 12.4. The summed E-state index contributed by atoms with van der Waals surface area (Å²) in [7, 11) is 0. The van der Waals surface area contributed by atoms with Crippen molar-refractivity contribution in [3.8, 4) is 5.69 Å². The first-order valence-corrected chi connectivity index (χ1v) is 8.20. The zero-order valence-electron chi connectivity index (χ0n) is 14.3. The Morgan fingerprint density at radius 3 is 2.52 bits per heavy atom. The second-order valence-corrected chi connectivity index (χ2v) is 6.05. The molecule has 25 heavy (non-hydrogen) atoms. The first-order chi connectivity index (χ1) is 12.0. The number of nitrogens with zero attached hydrogens (tertiary/aromatic N) is 2. The van der Waals surface area contributed by atoms with Gasteiger partial charge >= 0.3 is 0 Å². The van der Waals surface area contributed by atoms with E-state index >= 15 is 0 Å². The molecule has 2 N–H and O–H groups in total. The molecule has 0 radical (unpaired) electrons. The van der Waals surface area contributed by atoms with Crippen molar-refractivity contribution >= 4 is 11.7 Å². The van der Waals surface area contributed by atoms with Crippen LogP contribution in [0.1, 0.15) is 29.3 Å². The number of anilines is 1. The number of hydrogen-bond donors (Lipinski definition) is 2. The van der Waals surface area contributed by atoms with Gasteiger partial charge in [0.25, 0.3) is 0 Å². The topological polar surface area (TPSA) is 67.2 Å². The number of aliphatic hydroxyl groups excluding tert-OH is 1. The van der Waals surface area contributed by atoms with Crippen LogP contribution >= 0.6 is 0 Å². The molecule has 5 nitrogen and oxygen atoms in total. The molecular formula is C20H21N3O2. The molecule has 128 valence electrons. The lowest BCUT2D eigenvalue weighted by Crippen LogP contribution is -2.18. The molecule has 0 spiro atoms. The average molecular weight is 335 g/mol. The molecule has 3 aromatic rings. The molecule has 0 saturated carbocycles. The number of carbonyl (C=O) groups is 1. The van der Waals surface area contributed by atoms with Gasteiger partial charge in [-0.25, -0.2) is 4.68 Å². The number of aromatic nitrogens is 2. The van der Waals surface area contributed by atoms with E-state index < -0.39 is 6.10 Å². The van der Waals surface area contributed by atoms with E-state index in [1.165, 1.54) is 0 Å². The SMILES string of the molecule is Cc1cc(NC(=O)CC(O)c2ccccc2)n(-c2ccccc2C)n1. The zero-order valence-corrected chi connectivity index (χ0v) is 14.3. The molecule has 0 aliphatic carbocycles. The fourth-order valence-electron chi connectivity index (χ4n) is 2.74. The summed E-state index contributed by atoms with van der Waals surface area (Å²) < 4.78 is 1.72. The normalized spacial score (nSPS) is 12.0. The zero-order chi connectivity index (χ0) is 17.8. The number of benzene rings is 2. The van der Waals surface area contributed by atoms with E-state index in [-0.39, 0.29) is 12.3 Å². The Morgan fingerprint density at radius 1 is 1.12 bits per heavy atom. The summed E-state index contributed by atoms with van der Waals surface area (Å²) in [6.07, 6.45) is -0.848. The molecule has 0 bridgehead atoms. The van der Waals surface area contributed by atoms with Gasteiger partial charge in [-0.2, -0.15) is 5.10 Å². The summed E-state index contributed by atoms with van der Waals surface area (Å²) in [5.74, 6) is 0.336. The number of amides is 1. The number of hydrogen-bond acceptors (Lipinski definition) is 3. The van der Waals surface area contributed by atoms with E-state index in [9.17, 15) is 9.90 Å². The number of rotatable bonds is 5. The Bertz CT molecular complexity index is 872. The molecule has 0 aliphatic rings. The van der Waals surface area contributed by atoms with E-state index in [1.54, 1.807) is 16.8 Å². The standard InChI is InChI=1S/C20H21N3O2/c1-14-8-6-7-11-17(14)23-19(12-15(2)22-23)21-20(25)13-18(24)16-9-4-3-5-10-16/h3-12,18,24H,13H2,1-2H3,(H,21,25). The lowest BCUT2D eigenvalue weighted by atomic mass is 10.1. The van der Waals surface area contributed by atoms with Gasteiger partial charge < -0.3 is 10.4 Å². The number of para-hydroxylation sites is 1. The average Bonchev–Trinajstić information content (AvgIpc) is 2.96. The monoisotopic (exact) mass is 335 g/mol. The van der Waals surface area contributed by atoms with Crippen molar-refractivity contribution in [2.75, 3.05) is 5.32 Å². The van der Waals surface area contributed by atoms with Crippen molar-refractivity contribution in [3.63, 3.8) is 0 Å². The molecule has 3 rings (SSSR count). The van der Waals surface area contributed by atoms with Crippen LogP contribution in [-0.2, 0) is 4.79 Å². The Balaban J connectivity index is 1.77. The van der Waals surface area contributed by atoms with Gasteiger partial charge in [0.1, 0.15) is 5.82 Å². The third-order valence-corrected chi connectivity index (χ3v) is 4.01. The summed E-state index contributed by atoms with van der Waals surface area (Å²) in [5.41, 5.74) is 3.50. The van der Waals surface area contributed by atoms with Gasteiger partial charge in [0, 0.05) is 6.07 Å². The van der Waals surface area contributed by atoms with Crippen LogP contribution < -0.4 is 5.32 Å². The Kier molecular flexibility index (Phi) is 4.95. The molecule has 1 unspecified atom stereocenters. The van der Waals surface area contributed by atoms with Gasteiger partial charge in [0.2, 0.25) is 5.91 Å². The van der Waals surface area contributed by atoms with E-state index in [2.05, 4.69) is 10.4 Å². The van der Waals surface area contributed by atoms with Crippen molar-refractivity contribution in [3.05, 3.63) is 77.5 Å². The van der Waals surface area contributed by atoms with Gasteiger partial charge in [0.05, 0.1) is 23.9 Å². The maximum atomic E-state index is 12.4. The molecule has 1 aromatic heterocycles. The third kappa shape index (κ3) is 3.95. The molecule has 5 heteroatoms. The minimum absolute atomic E-state index is 0.0119. The fourth-order valence-corrected chi connectivity index (χ4v) is 2.74. The molecule has 1 heterocycles. The Morgan fingerprint density at radius 2 is 1.80 bits per heavy atom. The highest BCUT2D eigenvalue weighted by Gasteiger charge is 2.16. The van der Waals surface area contributed by atoms with E-state index in [4.69, 9.17) is 0 Å². The minimum Gasteiger partial charge on any atom is -0.388 e. The fraction of sp³-hybridized carbons (Fsp3) is 0.200. The van der Waals surface area contributed by atoms with Crippen LogP contribution in [0.5, 0.6) is 0 Å². The molecule has 0 aliphatic heterocycles. The summed E-state index contributed by atoms with van der Waals surface area (Å²) >= 11 is 0. The number of carbonyl (C=O) groups excluding carboxylic acids is 1. The molecule has 1 amide bonds. The van der Waals surface area contributed by atoms with Crippen molar-refractivity contribution in [1.82, 2.24) is 9.78 Å². The van der Waals surface area contributed by atoms with Crippen LogP contribution in [-0.4, -0.2) is 20.8 Å². The van der Waals surface area contributed by atoms with Gasteiger partial charge in [-0.3, -0.25) is 4.79 Å². The minimum atomic E-state index is -0.836. The van der Waals surface area contributed by atoms with E-state index in [0.29, 0.717) is 5.82 Å². The summed E-state index contributed by atoms with van der Waals surface area (Å²) in [6.45, 7) is 3.88. The third-order valence-electron chi connectivity index (χ3n) is 4.01. The Hall–Kier alpha value is -2.92. The molecular weight excluding hydrogens is 314 g/mol. The number of aliphatic hydroxyl groups is 1. The van der Waals surface area contributed by atoms with E-state index in [1.807, 2.05) is 62.4 Å². The first-order valence-electron chi connectivity index (χ1n) is 8.20. The smallest absolute Gasteiger partial charge is 0.228 e. The van der Waals surface area contributed by atoms with Crippen molar-refractivity contribution < 1.29 is 9.90 Å². The second kappa shape index (κ2) is 7.32. The van der Waals surface area contributed by atoms with Crippen LogP contribution in [0.2, 0.25) is 0 Å². The molecule has 1 atom stereocenters. The van der Waals surface area contributed by atoms with Crippen molar-refractivity contribution in [1.29, 1.82) is 0 Å². The highest BCUT2D eigenvalue weighted by Crippen LogP contribution is 2.22. The van der Waals surface area contributed by atoms with Gasteiger partial charge in [0.15, 0.2) is 0 Å².